The van der Waals surface area contributed by atoms with Gasteiger partial charge in [0.25, 0.3) is 0 Å². The Morgan fingerprint density at radius 3 is 2.79 bits per heavy atom. The molecule has 1 aromatic carbocycles. The van der Waals surface area contributed by atoms with E-state index in [-0.39, 0.29) is 0 Å². The molecule has 4 heteroatoms. The summed E-state index contributed by atoms with van der Waals surface area (Å²) in [7, 11) is 0. The zero-order chi connectivity index (χ0) is 9.80. The molecule has 1 heterocycles. The van der Waals surface area contributed by atoms with E-state index < -0.39 is 0 Å². The van der Waals surface area contributed by atoms with Crippen molar-refractivity contribution in [3.8, 4) is 0 Å². The first-order valence-electron chi connectivity index (χ1n) is 4.44. The predicted octanol–water partition coefficient (Wildman–Crippen LogP) is 2.24. The second kappa shape index (κ2) is 4.24. The van der Waals surface area contributed by atoms with E-state index in [2.05, 4.69) is 15.2 Å². The lowest BCUT2D eigenvalue weighted by Gasteiger charge is -2.01. The van der Waals surface area contributed by atoms with E-state index in [0.29, 0.717) is 0 Å². The van der Waals surface area contributed by atoms with Crippen LogP contribution in [-0.2, 0) is 12.8 Å². The highest BCUT2D eigenvalue weighted by molar-refractivity contribution is 6.31. The summed E-state index contributed by atoms with van der Waals surface area (Å²) in [5, 5.41) is 7.42. The lowest BCUT2D eigenvalue weighted by molar-refractivity contribution is 0.865. The van der Waals surface area contributed by atoms with Gasteiger partial charge in [-0.25, -0.2) is 4.98 Å². The van der Waals surface area contributed by atoms with Gasteiger partial charge in [0.2, 0.25) is 0 Å². The molecule has 3 nitrogen and oxygen atoms in total. The number of nitrogens with one attached hydrogen (secondary N) is 1. The number of hydrogen-bond donors (Lipinski definition) is 1. The molecule has 0 spiro atoms. The highest BCUT2D eigenvalue weighted by Crippen LogP contribution is 2.16. The van der Waals surface area contributed by atoms with Crippen LogP contribution in [0.2, 0.25) is 5.02 Å². The van der Waals surface area contributed by atoms with Crippen molar-refractivity contribution in [2.75, 3.05) is 0 Å². The second-order valence-corrected chi connectivity index (χ2v) is 3.43. The van der Waals surface area contributed by atoms with Gasteiger partial charge in [-0.1, -0.05) is 29.8 Å². The molecule has 0 saturated heterocycles. The van der Waals surface area contributed by atoms with Gasteiger partial charge < -0.3 is 0 Å². The van der Waals surface area contributed by atoms with Gasteiger partial charge >= 0.3 is 0 Å². The minimum atomic E-state index is 0.812. The monoisotopic (exact) mass is 207 g/mol. The first-order chi connectivity index (χ1) is 6.86. The second-order valence-electron chi connectivity index (χ2n) is 3.02. The molecule has 0 fully saturated rings. The molecule has 0 amide bonds. The molecule has 0 saturated carbocycles. The number of H-pyrrole nitrogens is 1. The number of aromatic nitrogens is 3. The third kappa shape index (κ3) is 2.12. The van der Waals surface area contributed by atoms with Crippen LogP contribution in [0.5, 0.6) is 0 Å². The Hall–Kier alpha value is -1.35. The predicted molar refractivity (Wildman–Crippen MR) is 55.2 cm³/mol. The van der Waals surface area contributed by atoms with E-state index in [1.54, 1.807) is 0 Å². The number of aryl methyl sites for hydroxylation is 2. The van der Waals surface area contributed by atoms with Crippen LogP contribution < -0.4 is 0 Å². The van der Waals surface area contributed by atoms with Crippen molar-refractivity contribution in [3.05, 3.63) is 47.0 Å². The smallest absolute Gasteiger partial charge is 0.137 e. The van der Waals surface area contributed by atoms with Crippen LogP contribution in [0.1, 0.15) is 11.4 Å². The van der Waals surface area contributed by atoms with Gasteiger partial charge in [-0.3, -0.25) is 5.10 Å². The lowest BCUT2D eigenvalue weighted by atomic mass is 10.1. The SMILES string of the molecule is Clc1ccccc1CCc1ncn[nH]1. The fraction of sp³-hybridized carbons (Fsp3) is 0.200. The summed E-state index contributed by atoms with van der Waals surface area (Å²) in [5.74, 6) is 0.893. The Bertz CT molecular complexity index is 398. The molecule has 1 N–H and O–H groups in total. The summed E-state index contributed by atoms with van der Waals surface area (Å²) >= 11 is 6.02. The van der Waals surface area contributed by atoms with Crippen LogP contribution in [0.3, 0.4) is 0 Å². The topological polar surface area (TPSA) is 41.6 Å². The summed E-state index contributed by atoms with van der Waals surface area (Å²) in [6, 6.07) is 7.85. The fourth-order valence-electron chi connectivity index (χ4n) is 1.31. The van der Waals surface area contributed by atoms with Gasteiger partial charge in [-0.05, 0) is 18.1 Å². The van der Waals surface area contributed by atoms with Gasteiger partial charge in [0.05, 0.1) is 0 Å². The molecule has 0 aliphatic carbocycles. The molecule has 72 valence electrons. The first-order valence-corrected chi connectivity index (χ1v) is 4.82. The maximum atomic E-state index is 6.02. The number of nitrogens with zero attached hydrogens (tertiary/aromatic N) is 2. The van der Waals surface area contributed by atoms with E-state index in [9.17, 15) is 0 Å². The number of aromatic amines is 1. The van der Waals surface area contributed by atoms with Crippen molar-refractivity contribution in [3.63, 3.8) is 0 Å². The van der Waals surface area contributed by atoms with Gasteiger partial charge in [0.1, 0.15) is 12.2 Å². The Labute approximate surface area is 87.1 Å². The molecule has 0 bridgehead atoms. The summed E-state index contributed by atoms with van der Waals surface area (Å²) in [6.45, 7) is 0. The summed E-state index contributed by atoms with van der Waals surface area (Å²) in [6.07, 6.45) is 3.24. The lowest BCUT2D eigenvalue weighted by Crippen LogP contribution is -1.94. The minimum Gasteiger partial charge on any atom is -0.263 e. The Balaban J connectivity index is 2.02. The molecular formula is C10H10ClN3. The van der Waals surface area contributed by atoms with Crippen LogP contribution in [-0.4, -0.2) is 15.2 Å². The normalized spacial score (nSPS) is 10.4. The van der Waals surface area contributed by atoms with Crippen molar-refractivity contribution in [2.45, 2.75) is 12.8 Å². The van der Waals surface area contributed by atoms with E-state index in [0.717, 1.165) is 29.3 Å². The third-order valence-corrected chi connectivity index (χ3v) is 2.42. The molecule has 14 heavy (non-hydrogen) atoms. The average Bonchev–Trinajstić information content (AvgIpc) is 2.69. The van der Waals surface area contributed by atoms with E-state index in [1.165, 1.54) is 6.33 Å². The number of hydrogen-bond acceptors (Lipinski definition) is 2. The zero-order valence-corrected chi connectivity index (χ0v) is 8.33. The van der Waals surface area contributed by atoms with Crippen LogP contribution in [0.4, 0.5) is 0 Å². The highest BCUT2D eigenvalue weighted by atomic mass is 35.5. The number of rotatable bonds is 3. The van der Waals surface area contributed by atoms with Crippen LogP contribution in [0.25, 0.3) is 0 Å². The Morgan fingerprint density at radius 1 is 1.21 bits per heavy atom. The molecule has 1 aromatic heterocycles. The molecule has 0 aliphatic heterocycles. The fourth-order valence-corrected chi connectivity index (χ4v) is 1.54. The van der Waals surface area contributed by atoms with Gasteiger partial charge in [-0.2, -0.15) is 5.10 Å². The van der Waals surface area contributed by atoms with Crippen molar-refractivity contribution < 1.29 is 0 Å². The number of benzene rings is 1. The van der Waals surface area contributed by atoms with Crippen LogP contribution in [0, 0.1) is 0 Å². The van der Waals surface area contributed by atoms with E-state index in [1.807, 2.05) is 24.3 Å². The molecule has 2 rings (SSSR count). The van der Waals surface area contributed by atoms with Gasteiger partial charge in [0.15, 0.2) is 0 Å². The molecule has 0 radical (unpaired) electrons. The number of halogens is 1. The molecule has 0 atom stereocenters. The molecule has 0 unspecified atom stereocenters. The van der Waals surface area contributed by atoms with Gasteiger partial charge in [-0.15, -0.1) is 0 Å². The van der Waals surface area contributed by atoms with Crippen LogP contribution >= 0.6 is 11.6 Å². The van der Waals surface area contributed by atoms with Crippen molar-refractivity contribution in [1.82, 2.24) is 15.2 Å². The van der Waals surface area contributed by atoms with Crippen LogP contribution in [0.15, 0.2) is 30.6 Å². The highest BCUT2D eigenvalue weighted by Gasteiger charge is 2.00. The molecular weight excluding hydrogens is 198 g/mol. The largest absolute Gasteiger partial charge is 0.263 e. The quantitative estimate of drug-likeness (QED) is 0.839. The van der Waals surface area contributed by atoms with Crippen molar-refractivity contribution >= 4 is 11.6 Å². The average molecular weight is 208 g/mol. The maximum Gasteiger partial charge on any atom is 0.137 e. The standard InChI is InChI=1S/C10H10ClN3/c11-9-4-2-1-3-8(9)5-6-10-12-7-13-14-10/h1-4,7H,5-6H2,(H,12,13,14). The Kier molecular flexibility index (Phi) is 2.79. The minimum absolute atomic E-state index is 0.812. The van der Waals surface area contributed by atoms with E-state index >= 15 is 0 Å². The molecule has 0 aliphatic rings. The molecule has 2 aromatic rings. The zero-order valence-electron chi connectivity index (χ0n) is 7.57. The summed E-state index contributed by atoms with van der Waals surface area (Å²) in [5.41, 5.74) is 1.14. The third-order valence-electron chi connectivity index (χ3n) is 2.05. The Morgan fingerprint density at radius 2 is 2.07 bits per heavy atom. The van der Waals surface area contributed by atoms with Gasteiger partial charge in [0, 0.05) is 11.4 Å². The van der Waals surface area contributed by atoms with Crippen molar-refractivity contribution in [2.24, 2.45) is 0 Å². The first kappa shape index (κ1) is 9.21. The summed E-state index contributed by atoms with van der Waals surface area (Å²) in [4.78, 5) is 4.05. The maximum absolute atomic E-state index is 6.02. The van der Waals surface area contributed by atoms with Crippen molar-refractivity contribution in [1.29, 1.82) is 0 Å². The van der Waals surface area contributed by atoms with E-state index in [4.69, 9.17) is 11.6 Å². The summed E-state index contributed by atoms with van der Waals surface area (Å²) < 4.78 is 0.